The molecule has 0 saturated heterocycles. The van der Waals surface area contributed by atoms with E-state index >= 15 is 0 Å². The van der Waals surface area contributed by atoms with Crippen molar-refractivity contribution in [1.82, 2.24) is 14.0 Å². The van der Waals surface area contributed by atoms with Crippen molar-refractivity contribution in [3.63, 3.8) is 0 Å². The molecule has 0 unspecified atom stereocenters. The number of hydrogen-bond donors (Lipinski definition) is 1. The molecule has 23 heavy (non-hydrogen) atoms. The van der Waals surface area contributed by atoms with E-state index in [9.17, 15) is 14.4 Å². The van der Waals surface area contributed by atoms with Crippen molar-refractivity contribution in [2.24, 2.45) is 7.05 Å². The average Bonchev–Trinajstić information content (AvgIpc) is 2.50. The highest BCUT2D eigenvalue weighted by Crippen LogP contribution is 2.26. The first-order valence-electron chi connectivity index (χ1n) is 8.09. The van der Waals surface area contributed by atoms with Crippen LogP contribution >= 0.6 is 0 Å². The first-order valence-corrected chi connectivity index (χ1v) is 8.09. The Morgan fingerprint density at radius 3 is 2.39 bits per heavy atom. The Labute approximate surface area is 135 Å². The number of anilines is 1. The minimum Gasteiger partial charge on any atom is -0.319 e. The Kier molecular flexibility index (Phi) is 5.41. The Bertz CT molecular complexity index is 697. The van der Waals surface area contributed by atoms with Crippen molar-refractivity contribution in [1.29, 1.82) is 0 Å². The number of aromatic nitrogens is 2. The van der Waals surface area contributed by atoms with Crippen molar-refractivity contribution < 1.29 is 4.79 Å². The summed E-state index contributed by atoms with van der Waals surface area (Å²) in [7, 11) is 5.21. The first-order chi connectivity index (χ1) is 10.8. The molecule has 1 aromatic rings. The average molecular weight is 322 g/mol. The number of nitrogens with one attached hydrogen (secondary N) is 1. The zero-order chi connectivity index (χ0) is 17.1. The lowest BCUT2D eigenvalue weighted by Gasteiger charge is -2.25. The van der Waals surface area contributed by atoms with E-state index in [1.165, 1.54) is 9.13 Å². The predicted octanol–water partition coefficient (Wildman–Crippen LogP) is 0.861. The van der Waals surface area contributed by atoms with E-state index in [4.69, 9.17) is 0 Å². The first kappa shape index (κ1) is 17.5. The summed E-state index contributed by atoms with van der Waals surface area (Å²) in [4.78, 5) is 39.1. The quantitative estimate of drug-likeness (QED) is 0.892. The minimum atomic E-state index is -0.385. The van der Waals surface area contributed by atoms with E-state index in [2.05, 4.69) is 5.32 Å². The van der Waals surface area contributed by atoms with Crippen LogP contribution in [0.3, 0.4) is 0 Å². The Morgan fingerprint density at radius 2 is 1.83 bits per heavy atom. The number of rotatable bonds is 4. The van der Waals surface area contributed by atoms with Crippen molar-refractivity contribution in [2.75, 3.05) is 26.0 Å². The third-order valence-corrected chi connectivity index (χ3v) is 4.45. The van der Waals surface area contributed by atoms with Crippen LogP contribution in [-0.4, -0.2) is 40.6 Å². The molecule has 7 heteroatoms. The molecule has 0 spiro atoms. The molecule has 0 atom stereocenters. The molecule has 1 aromatic heterocycles. The second kappa shape index (κ2) is 7.12. The van der Waals surface area contributed by atoms with Gasteiger partial charge in [0.25, 0.3) is 5.56 Å². The summed E-state index contributed by atoms with van der Waals surface area (Å²) in [5, 5.41) is 2.68. The van der Waals surface area contributed by atoms with E-state index < -0.39 is 0 Å². The second-order valence-corrected chi connectivity index (χ2v) is 6.55. The van der Waals surface area contributed by atoms with E-state index in [1.54, 1.807) is 33.0 Å². The van der Waals surface area contributed by atoms with Crippen LogP contribution in [0.5, 0.6) is 0 Å². The summed E-state index contributed by atoms with van der Waals surface area (Å²) >= 11 is 0. The molecule has 0 aromatic carbocycles. The second-order valence-electron chi connectivity index (χ2n) is 6.55. The summed E-state index contributed by atoms with van der Waals surface area (Å²) < 4.78 is 2.78. The number of nitrogens with zero attached hydrogens (tertiary/aromatic N) is 3. The van der Waals surface area contributed by atoms with Gasteiger partial charge in [0.1, 0.15) is 5.69 Å². The predicted molar refractivity (Wildman–Crippen MR) is 90.0 cm³/mol. The molecule has 1 heterocycles. The highest BCUT2D eigenvalue weighted by molar-refractivity contribution is 5.92. The molecular weight excluding hydrogens is 296 g/mol. The summed E-state index contributed by atoms with van der Waals surface area (Å²) in [5.74, 6) is -0.260. The molecule has 128 valence electrons. The van der Waals surface area contributed by atoms with E-state index in [-0.39, 0.29) is 35.4 Å². The molecule has 1 aliphatic rings. The lowest BCUT2D eigenvalue weighted by Crippen LogP contribution is -2.45. The van der Waals surface area contributed by atoms with Crippen molar-refractivity contribution >= 4 is 11.6 Å². The van der Waals surface area contributed by atoms with Crippen molar-refractivity contribution in [3.8, 4) is 0 Å². The van der Waals surface area contributed by atoms with Gasteiger partial charge in [-0.05, 0) is 33.9 Å². The van der Waals surface area contributed by atoms with Crippen molar-refractivity contribution in [2.45, 2.75) is 45.1 Å². The van der Waals surface area contributed by atoms with Gasteiger partial charge in [-0.1, -0.05) is 19.3 Å². The van der Waals surface area contributed by atoms with Gasteiger partial charge in [0, 0.05) is 18.8 Å². The molecule has 7 nitrogen and oxygen atoms in total. The Hall–Kier alpha value is -1.89. The molecule has 2 rings (SSSR count). The fourth-order valence-corrected chi connectivity index (χ4v) is 3.11. The van der Waals surface area contributed by atoms with Gasteiger partial charge in [-0.25, -0.2) is 4.79 Å². The standard InChI is InChI=1S/C16H26N4O3/c1-11-14(17-13(21)10-18(2)3)15(22)20(16(23)19(11)4)12-8-6-5-7-9-12/h12H,5-10H2,1-4H3,(H,17,21). The maximum Gasteiger partial charge on any atom is 0.331 e. The van der Waals surface area contributed by atoms with Gasteiger partial charge in [0.05, 0.1) is 6.54 Å². The van der Waals surface area contributed by atoms with Crippen LogP contribution in [0.15, 0.2) is 9.59 Å². The normalized spacial score (nSPS) is 15.9. The van der Waals surface area contributed by atoms with Gasteiger partial charge < -0.3 is 10.2 Å². The molecule has 0 radical (unpaired) electrons. The molecule has 1 amide bonds. The minimum absolute atomic E-state index is 0.0694. The van der Waals surface area contributed by atoms with E-state index in [0.717, 1.165) is 32.1 Å². The molecule has 0 aliphatic heterocycles. The fourth-order valence-electron chi connectivity index (χ4n) is 3.11. The molecule has 1 fully saturated rings. The van der Waals surface area contributed by atoms with Gasteiger partial charge in [-0.2, -0.15) is 0 Å². The van der Waals surface area contributed by atoms with Crippen LogP contribution < -0.4 is 16.6 Å². The molecule has 1 aliphatic carbocycles. The van der Waals surface area contributed by atoms with E-state index in [1.807, 2.05) is 0 Å². The highest BCUT2D eigenvalue weighted by atomic mass is 16.2. The fraction of sp³-hybridized carbons (Fsp3) is 0.688. The third kappa shape index (κ3) is 3.72. The maximum atomic E-state index is 12.8. The maximum absolute atomic E-state index is 12.8. The molecular formula is C16H26N4O3. The summed E-state index contributed by atoms with van der Waals surface area (Å²) in [6.45, 7) is 1.87. The summed E-state index contributed by atoms with van der Waals surface area (Å²) in [6, 6.07) is -0.0694. The zero-order valence-electron chi connectivity index (χ0n) is 14.4. The molecule has 1 saturated carbocycles. The van der Waals surface area contributed by atoms with Crippen LogP contribution in [0.25, 0.3) is 0 Å². The number of carbonyl (C=O) groups excluding carboxylic acids is 1. The third-order valence-electron chi connectivity index (χ3n) is 4.45. The Morgan fingerprint density at radius 1 is 1.22 bits per heavy atom. The topological polar surface area (TPSA) is 76.3 Å². The van der Waals surface area contributed by atoms with Gasteiger partial charge in [-0.15, -0.1) is 0 Å². The van der Waals surface area contributed by atoms with Crippen LogP contribution in [0, 0.1) is 6.92 Å². The van der Waals surface area contributed by atoms with E-state index in [0.29, 0.717) is 5.69 Å². The molecule has 0 bridgehead atoms. The van der Waals surface area contributed by atoms with Crippen molar-refractivity contribution in [3.05, 3.63) is 26.5 Å². The number of hydrogen-bond acceptors (Lipinski definition) is 4. The Balaban J connectivity index is 2.46. The smallest absolute Gasteiger partial charge is 0.319 e. The van der Waals surface area contributed by atoms with Gasteiger partial charge in [0.2, 0.25) is 5.91 Å². The highest BCUT2D eigenvalue weighted by Gasteiger charge is 2.23. The number of likely N-dealkylation sites (N-methyl/N-ethyl adjacent to an activating group) is 1. The summed E-state index contributed by atoms with van der Waals surface area (Å²) in [5.41, 5.74) is 0.0123. The van der Waals surface area contributed by atoms with Gasteiger partial charge in [-0.3, -0.25) is 18.7 Å². The van der Waals surface area contributed by atoms with Crippen LogP contribution in [-0.2, 0) is 11.8 Å². The lowest BCUT2D eigenvalue weighted by atomic mass is 9.95. The monoisotopic (exact) mass is 322 g/mol. The zero-order valence-corrected chi connectivity index (χ0v) is 14.4. The largest absolute Gasteiger partial charge is 0.331 e. The molecule has 1 N–H and O–H groups in total. The number of amides is 1. The van der Waals surface area contributed by atoms with Crippen LogP contribution in [0.2, 0.25) is 0 Å². The van der Waals surface area contributed by atoms with Crippen LogP contribution in [0.4, 0.5) is 5.69 Å². The number of carbonyl (C=O) groups is 1. The van der Waals surface area contributed by atoms with Gasteiger partial charge >= 0.3 is 5.69 Å². The SMILES string of the molecule is Cc1c(NC(=O)CN(C)C)c(=O)n(C2CCCCC2)c(=O)n1C. The van der Waals surface area contributed by atoms with Gasteiger partial charge in [0.15, 0.2) is 0 Å². The summed E-state index contributed by atoms with van der Waals surface area (Å²) in [6.07, 6.45) is 4.86. The van der Waals surface area contributed by atoms with Crippen LogP contribution in [0.1, 0.15) is 43.8 Å². The lowest BCUT2D eigenvalue weighted by molar-refractivity contribution is -0.116.